The first-order valence-corrected chi connectivity index (χ1v) is 16.0. The minimum Gasteiger partial charge on any atom is -0.352 e. The highest BCUT2D eigenvalue weighted by Crippen LogP contribution is 2.28. The maximum absolute atomic E-state index is 14.0. The topological polar surface area (TPSA) is 86.8 Å². The molecule has 1 fully saturated rings. The van der Waals surface area contributed by atoms with Gasteiger partial charge in [0.15, 0.2) is 0 Å². The average Bonchev–Trinajstić information content (AvgIpc) is 2.97. The molecule has 9 heteroatoms. The summed E-state index contributed by atoms with van der Waals surface area (Å²) in [6.45, 7) is 3.33. The zero-order chi connectivity index (χ0) is 29.4. The van der Waals surface area contributed by atoms with Crippen LogP contribution in [0.15, 0.2) is 83.8 Å². The number of para-hydroxylation sites is 1. The van der Waals surface area contributed by atoms with E-state index in [1.165, 1.54) is 35.6 Å². The van der Waals surface area contributed by atoms with E-state index in [9.17, 15) is 18.0 Å². The Kier molecular flexibility index (Phi) is 10.5. The summed E-state index contributed by atoms with van der Waals surface area (Å²) in [5, 5.41) is 3.54. The lowest BCUT2D eigenvalue weighted by molar-refractivity contribution is -0.139. The van der Waals surface area contributed by atoms with E-state index in [2.05, 4.69) is 5.32 Å². The third-order valence-electron chi connectivity index (χ3n) is 7.67. The smallest absolute Gasteiger partial charge is 0.264 e. The van der Waals surface area contributed by atoms with Crippen LogP contribution < -0.4 is 9.62 Å². The van der Waals surface area contributed by atoms with Gasteiger partial charge in [0.05, 0.1) is 10.6 Å². The largest absolute Gasteiger partial charge is 0.352 e. The molecular formula is C32H38ClN3O4S. The number of hydrogen-bond donors (Lipinski definition) is 1. The Labute approximate surface area is 248 Å². The zero-order valence-corrected chi connectivity index (χ0v) is 25.2. The Morgan fingerprint density at radius 3 is 2.22 bits per heavy atom. The van der Waals surface area contributed by atoms with Gasteiger partial charge in [-0.1, -0.05) is 79.4 Å². The molecule has 0 bridgehead atoms. The van der Waals surface area contributed by atoms with E-state index >= 15 is 0 Å². The van der Waals surface area contributed by atoms with E-state index in [1.807, 2.05) is 36.4 Å². The summed E-state index contributed by atoms with van der Waals surface area (Å²) < 4.78 is 29.0. The Hall–Kier alpha value is -3.36. The number of nitrogens with zero attached hydrogens (tertiary/aromatic N) is 2. The second-order valence-electron chi connectivity index (χ2n) is 10.6. The van der Waals surface area contributed by atoms with Crippen LogP contribution >= 0.6 is 11.6 Å². The maximum atomic E-state index is 14.0. The highest BCUT2D eigenvalue weighted by Gasteiger charge is 2.33. The van der Waals surface area contributed by atoms with Crippen LogP contribution in [0, 0.1) is 6.92 Å². The molecule has 3 aromatic carbocycles. The Morgan fingerprint density at radius 2 is 1.56 bits per heavy atom. The number of amides is 2. The highest BCUT2D eigenvalue weighted by molar-refractivity contribution is 7.92. The normalized spacial score (nSPS) is 14.7. The summed E-state index contributed by atoms with van der Waals surface area (Å²) in [5.74, 6) is -0.672. The van der Waals surface area contributed by atoms with Gasteiger partial charge in [-0.3, -0.25) is 13.9 Å². The molecule has 7 nitrogen and oxygen atoms in total. The molecule has 0 radical (unpaired) electrons. The van der Waals surface area contributed by atoms with E-state index in [-0.39, 0.29) is 23.4 Å². The number of anilines is 1. The maximum Gasteiger partial charge on any atom is 0.264 e. The van der Waals surface area contributed by atoms with Crippen LogP contribution in [0.25, 0.3) is 0 Å². The third-order valence-corrected chi connectivity index (χ3v) is 9.69. The summed E-state index contributed by atoms with van der Waals surface area (Å²) in [4.78, 5) is 29.0. The quantitative estimate of drug-likeness (QED) is 0.306. The van der Waals surface area contributed by atoms with Crippen molar-refractivity contribution in [3.8, 4) is 0 Å². The Balaban J connectivity index is 1.64. The monoisotopic (exact) mass is 595 g/mol. The van der Waals surface area contributed by atoms with Gasteiger partial charge in [-0.25, -0.2) is 8.42 Å². The third kappa shape index (κ3) is 7.89. The molecule has 1 saturated carbocycles. The van der Waals surface area contributed by atoms with Crippen LogP contribution in [0.3, 0.4) is 0 Å². The van der Waals surface area contributed by atoms with Crippen LogP contribution in [-0.4, -0.2) is 50.3 Å². The van der Waals surface area contributed by atoms with Gasteiger partial charge in [0.1, 0.15) is 12.6 Å². The SMILES string of the molecule is Cc1ccccc1N(CC(=O)N(CCc1ccccc1)C(C)C(=O)NC1CCCCC1)S(=O)(=O)c1ccc(Cl)cc1. The second kappa shape index (κ2) is 14.0. The molecule has 0 spiro atoms. The fourth-order valence-corrected chi connectivity index (χ4v) is 6.83. The van der Waals surface area contributed by atoms with Crippen LogP contribution in [0.1, 0.15) is 50.2 Å². The Bertz CT molecular complexity index is 1420. The predicted octanol–water partition coefficient (Wildman–Crippen LogP) is 5.75. The highest BCUT2D eigenvalue weighted by atomic mass is 35.5. The minimum atomic E-state index is -4.13. The van der Waals surface area contributed by atoms with Gasteiger partial charge < -0.3 is 10.2 Å². The van der Waals surface area contributed by atoms with Crippen molar-refractivity contribution in [1.82, 2.24) is 10.2 Å². The van der Waals surface area contributed by atoms with Crippen LogP contribution in [0.5, 0.6) is 0 Å². The Morgan fingerprint density at radius 1 is 0.927 bits per heavy atom. The van der Waals surface area contributed by atoms with E-state index in [1.54, 1.807) is 32.0 Å². The number of aryl methyl sites for hydroxylation is 1. The number of nitrogens with one attached hydrogen (secondary N) is 1. The summed E-state index contributed by atoms with van der Waals surface area (Å²) in [7, 11) is -4.13. The van der Waals surface area contributed by atoms with Crippen LogP contribution in [0.2, 0.25) is 5.02 Å². The zero-order valence-electron chi connectivity index (χ0n) is 23.6. The molecule has 2 amide bonds. The molecule has 1 aliphatic carbocycles. The van der Waals surface area contributed by atoms with Gasteiger partial charge in [-0.15, -0.1) is 0 Å². The van der Waals surface area contributed by atoms with Gasteiger partial charge in [0.2, 0.25) is 11.8 Å². The predicted molar refractivity (Wildman–Crippen MR) is 163 cm³/mol. The van der Waals surface area contributed by atoms with E-state index < -0.39 is 28.5 Å². The second-order valence-corrected chi connectivity index (χ2v) is 12.9. The van der Waals surface area contributed by atoms with Crippen molar-refractivity contribution in [2.24, 2.45) is 0 Å². The molecule has 1 unspecified atom stereocenters. The summed E-state index contributed by atoms with van der Waals surface area (Å²) >= 11 is 6.02. The van der Waals surface area contributed by atoms with Crippen molar-refractivity contribution < 1.29 is 18.0 Å². The lowest BCUT2D eigenvalue weighted by Crippen LogP contribution is -2.53. The molecule has 41 heavy (non-hydrogen) atoms. The molecule has 0 saturated heterocycles. The molecule has 1 atom stereocenters. The van der Waals surface area contributed by atoms with Gasteiger partial charge >= 0.3 is 0 Å². The standard InChI is InChI=1S/C32H38ClN3O4S/c1-24-11-9-10-16-30(24)36(41(39,40)29-19-17-27(33)18-20-29)23-31(37)35(22-21-26-12-5-3-6-13-26)25(2)32(38)34-28-14-7-4-8-15-28/h3,5-6,9-13,16-20,25,28H,4,7-8,14-15,21-23H2,1-2H3,(H,34,38). The lowest BCUT2D eigenvalue weighted by Gasteiger charge is -2.33. The number of carbonyl (C=O) groups excluding carboxylic acids is 2. The van der Waals surface area contributed by atoms with E-state index in [0.29, 0.717) is 22.7 Å². The first-order chi connectivity index (χ1) is 19.7. The molecule has 218 valence electrons. The van der Waals surface area contributed by atoms with E-state index in [0.717, 1.165) is 35.6 Å². The molecule has 1 aliphatic rings. The summed E-state index contributed by atoms with van der Waals surface area (Å²) in [5.41, 5.74) is 2.13. The van der Waals surface area contributed by atoms with Gasteiger partial charge in [-0.2, -0.15) is 0 Å². The average molecular weight is 596 g/mol. The van der Waals surface area contributed by atoms with Crippen LogP contribution in [0.4, 0.5) is 5.69 Å². The molecule has 0 heterocycles. The van der Waals surface area contributed by atoms with Crippen molar-refractivity contribution >= 4 is 39.1 Å². The molecule has 0 aliphatic heterocycles. The number of sulfonamides is 1. The van der Waals surface area contributed by atoms with Crippen molar-refractivity contribution in [3.05, 3.63) is 95.0 Å². The minimum absolute atomic E-state index is 0.0249. The van der Waals surface area contributed by atoms with Gasteiger partial charge in [0.25, 0.3) is 10.0 Å². The molecule has 1 N–H and O–H groups in total. The van der Waals surface area contributed by atoms with Crippen molar-refractivity contribution in [2.75, 3.05) is 17.4 Å². The first kappa shape index (κ1) is 30.6. The molecular weight excluding hydrogens is 558 g/mol. The summed E-state index contributed by atoms with van der Waals surface area (Å²) in [6.07, 6.45) is 5.70. The van der Waals surface area contributed by atoms with Crippen molar-refractivity contribution in [2.45, 2.75) is 69.4 Å². The fourth-order valence-electron chi connectivity index (χ4n) is 5.23. The van der Waals surface area contributed by atoms with Crippen LogP contribution in [-0.2, 0) is 26.0 Å². The van der Waals surface area contributed by atoms with Crippen molar-refractivity contribution in [1.29, 1.82) is 0 Å². The number of carbonyl (C=O) groups is 2. The van der Waals surface area contributed by atoms with Gasteiger partial charge in [0, 0.05) is 17.6 Å². The number of hydrogen-bond acceptors (Lipinski definition) is 4. The molecule has 0 aromatic heterocycles. The van der Waals surface area contributed by atoms with Gasteiger partial charge in [-0.05, 0) is 74.6 Å². The van der Waals surface area contributed by atoms with E-state index in [4.69, 9.17) is 11.6 Å². The van der Waals surface area contributed by atoms with Crippen molar-refractivity contribution in [3.63, 3.8) is 0 Å². The lowest BCUT2D eigenvalue weighted by atomic mass is 9.95. The number of benzene rings is 3. The summed E-state index contributed by atoms with van der Waals surface area (Å²) in [6, 6.07) is 22.0. The molecule has 4 rings (SSSR count). The molecule has 3 aromatic rings. The fraction of sp³-hybridized carbons (Fsp3) is 0.375. The first-order valence-electron chi connectivity index (χ1n) is 14.1. The number of halogens is 1. The number of rotatable bonds is 11.